The molecule has 2 aromatic carbocycles. The molecule has 0 unspecified atom stereocenters. The quantitative estimate of drug-likeness (QED) is 0.722. The normalized spacial score (nSPS) is 12.2. The molecule has 0 aromatic heterocycles. The number of nitrogens with zero attached hydrogens (tertiary/aromatic N) is 1. The highest BCUT2D eigenvalue weighted by Gasteiger charge is 2.26. The summed E-state index contributed by atoms with van der Waals surface area (Å²) >= 11 is 0. The number of rotatable bonds is 6. The molecule has 0 aliphatic carbocycles. The van der Waals surface area contributed by atoms with E-state index in [-0.39, 0.29) is 23.9 Å². The number of carboxylic acids is 1. The SMILES string of the molecule is C=C(CNc1cc(-c2ccc(C(C)C)cc2F)c2c(c1C#N)CCO2)C(=O)O. The molecule has 1 aliphatic heterocycles. The Bertz CT molecular complexity index is 1010. The summed E-state index contributed by atoms with van der Waals surface area (Å²) in [5.41, 5.74) is 3.31. The first kappa shape index (κ1) is 19.4. The van der Waals surface area contributed by atoms with E-state index < -0.39 is 5.97 Å². The van der Waals surface area contributed by atoms with Crippen molar-refractivity contribution in [2.24, 2.45) is 0 Å². The number of nitrogens with one attached hydrogen (secondary N) is 1. The highest BCUT2D eigenvalue weighted by molar-refractivity contribution is 5.87. The van der Waals surface area contributed by atoms with Crippen molar-refractivity contribution in [1.29, 1.82) is 5.26 Å². The second-order valence-electron chi connectivity index (χ2n) is 7.02. The van der Waals surface area contributed by atoms with Crippen molar-refractivity contribution in [3.05, 3.63) is 58.9 Å². The van der Waals surface area contributed by atoms with Gasteiger partial charge in [-0.25, -0.2) is 9.18 Å². The van der Waals surface area contributed by atoms with Gasteiger partial charge >= 0.3 is 5.97 Å². The molecule has 0 saturated carbocycles. The van der Waals surface area contributed by atoms with Gasteiger partial charge in [0.15, 0.2) is 0 Å². The van der Waals surface area contributed by atoms with E-state index in [2.05, 4.69) is 18.0 Å². The molecule has 0 spiro atoms. The Morgan fingerprint density at radius 3 is 2.75 bits per heavy atom. The van der Waals surface area contributed by atoms with Crippen LogP contribution in [-0.2, 0) is 11.2 Å². The van der Waals surface area contributed by atoms with Gasteiger partial charge in [0.2, 0.25) is 0 Å². The zero-order valence-electron chi connectivity index (χ0n) is 15.8. The van der Waals surface area contributed by atoms with E-state index in [9.17, 15) is 14.4 Å². The Labute approximate surface area is 163 Å². The Morgan fingerprint density at radius 2 is 2.14 bits per heavy atom. The summed E-state index contributed by atoms with van der Waals surface area (Å²) in [6.07, 6.45) is 0.534. The number of nitriles is 1. The van der Waals surface area contributed by atoms with Crippen LogP contribution in [0.1, 0.15) is 36.5 Å². The van der Waals surface area contributed by atoms with Crippen LogP contribution in [0, 0.1) is 17.1 Å². The minimum absolute atomic E-state index is 0.0299. The average Bonchev–Trinajstić information content (AvgIpc) is 3.14. The van der Waals surface area contributed by atoms with Crippen LogP contribution in [0.3, 0.4) is 0 Å². The number of fused-ring (bicyclic) bond motifs is 1. The Kier molecular flexibility index (Phi) is 5.36. The highest BCUT2D eigenvalue weighted by atomic mass is 19.1. The smallest absolute Gasteiger partial charge is 0.332 e. The van der Waals surface area contributed by atoms with E-state index in [0.29, 0.717) is 46.7 Å². The molecule has 2 N–H and O–H groups in total. The van der Waals surface area contributed by atoms with E-state index >= 15 is 0 Å². The molecule has 5 nitrogen and oxygen atoms in total. The maximum atomic E-state index is 14.9. The van der Waals surface area contributed by atoms with Gasteiger partial charge in [-0.2, -0.15) is 5.26 Å². The molecule has 1 aliphatic rings. The number of ether oxygens (including phenoxy) is 1. The van der Waals surface area contributed by atoms with E-state index in [1.165, 1.54) is 6.07 Å². The van der Waals surface area contributed by atoms with Crippen LogP contribution in [0.2, 0.25) is 0 Å². The topological polar surface area (TPSA) is 82.3 Å². The Morgan fingerprint density at radius 1 is 1.39 bits per heavy atom. The molecule has 0 radical (unpaired) electrons. The van der Waals surface area contributed by atoms with Gasteiger partial charge in [-0.05, 0) is 23.6 Å². The fourth-order valence-corrected chi connectivity index (χ4v) is 3.23. The Balaban J connectivity index is 2.11. The summed E-state index contributed by atoms with van der Waals surface area (Å²) in [6, 6.07) is 8.90. The summed E-state index contributed by atoms with van der Waals surface area (Å²) in [7, 11) is 0. The number of hydrogen-bond donors (Lipinski definition) is 2. The van der Waals surface area contributed by atoms with E-state index in [1.807, 2.05) is 19.9 Å². The molecule has 28 heavy (non-hydrogen) atoms. The largest absolute Gasteiger partial charge is 0.492 e. The Hall–Kier alpha value is -3.33. The number of aliphatic carboxylic acids is 1. The zero-order chi connectivity index (χ0) is 20.4. The van der Waals surface area contributed by atoms with Crippen LogP contribution in [0.25, 0.3) is 11.1 Å². The molecule has 0 fully saturated rings. The summed E-state index contributed by atoms with van der Waals surface area (Å²) in [4.78, 5) is 11.0. The van der Waals surface area contributed by atoms with E-state index in [4.69, 9.17) is 9.84 Å². The summed E-state index contributed by atoms with van der Waals surface area (Å²) < 4.78 is 20.6. The molecule has 1 heterocycles. The summed E-state index contributed by atoms with van der Waals surface area (Å²) in [6.45, 7) is 7.86. The molecular formula is C22H21FN2O3. The molecule has 3 rings (SSSR count). The number of carbonyl (C=O) groups is 1. The van der Waals surface area contributed by atoms with Gasteiger partial charge in [0.05, 0.1) is 17.9 Å². The maximum absolute atomic E-state index is 14.9. The van der Waals surface area contributed by atoms with Gasteiger partial charge in [0, 0.05) is 35.2 Å². The van der Waals surface area contributed by atoms with Crippen molar-refractivity contribution in [2.45, 2.75) is 26.2 Å². The van der Waals surface area contributed by atoms with Crippen molar-refractivity contribution in [2.75, 3.05) is 18.5 Å². The molecule has 144 valence electrons. The van der Waals surface area contributed by atoms with Gasteiger partial charge in [-0.15, -0.1) is 0 Å². The van der Waals surface area contributed by atoms with Crippen LogP contribution < -0.4 is 10.1 Å². The van der Waals surface area contributed by atoms with Crippen molar-refractivity contribution in [3.63, 3.8) is 0 Å². The third-order valence-electron chi connectivity index (χ3n) is 4.83. The molecule has 0 atom stereocenters. The van der Waals surface area contributed by atoms with Crippen molar-refractivity contribution >= 4 is 11.7 Å². The van der Waals surface area contributed by atoms with Gasteiger partial charge < -0.3 is 15.2 Å². The van der Waals surface area contributed by atoms with Gasteiger partial charge in [0.25, 0.3) is 0 Å². The fourth-order valence-electron chi connectivity index (χ4n) is 3.23. The first-order chi connectivity index (χ1) is 13.3. The van der Waals surface area contributed by atoms with Crippen molar-refractivity contribution < 1.29 is 19.0 Å². The maximum Gasteiger partial charge on any atom is 0.332 e. The second-order valence-corrected chi connectivity index (χ2v) is 7.02. The highest BCUT2D eigenvalue weighted by Crippen LogP contribution is 2.43. The number of carboxylic acid groups (broad SMARTS) is 1. The molecule has 2 aromatic rings. The number of benzene rings is 2. The lowest BCUT2D eigenvalue weighted by Gasteiger charge is -2.16. The first-order valence-corrected chi connectivity index (χ1v) is 9.01. The number of hydrogen-bond acceptors (Lipinski definition) is 4. The molecular weight excluding hydrogens is 359 g/mol. The third-order valence-corrected chi connectivity index (χ3v) is 4.83. The zero-order valence-corrected chi connectivity index (χ0v) is 15.8. The molecule has 0 saturated heterocycles. The molecule has 0 bridgehead atoms. The van der Waals surface area contributed by atoms with Crippen LogP contribution in [-0.4, -0.2) is 24.2 Å². The number of halogens is 1. The molecule has 0 amide bonds. The third kappa shape index (κ3) is 3.56. The standard InChI is InChI=1S/C22H21FN2O3/c1-12(2)14-4-5-15(19(23)8-14)17-9-20(25-11-13(3)22(26)27)18(10-24)16-6-7-28-21(16)17/h4-5,8-9,12,25H,3,6-7,11H2,1-2H3,(H,26,27). The monoisotopic (exact) mass is 380 g/mol. The van der Waals surface area contributed by atoms with Crippen LogP contribution in [0.5, 0.6) is 5.75 Å². The van der Waals surface area contributed by atoms with Crippen molar-refractivity contribution in [3.8, 4) is 22.9 Å². The average molecular weight is 380 g/mol. The summed E-state index contributed by atoms with van der Waals surface area (Å²) in [5, 5.41) is 21.6. The van der Waals surface area contributed by atoms with Crippen LogP contribution in [0.4, 0.5) is 10.1 Å². The van der Waals surface area contributed by atoms with Crippen LogP contribution >= 0.6 is 0 Å². The predicted octanol–water partition coefficient (Wildman–Crippen LogP) is 4.48. The number of anilines is 1. The lowest BCUT2D eigenvalue weighted by atomic mass is 9.93. The van der Waals surface area contributed by atoms with Crippen molar-refractivity contribution in [1.82, 2.24) is 0 Å². The van der Waals surface area contributed by atoms with Gasteiger partial charge in [-0.1, -0.05) is 32.6 Å². The minimum atomic E-state index is -1.12. The fraction of sp³-hybridized carbons (Fsp3) is 0.273. The van der Waals surface area contributed by atoms with Gasteiger partial charge in [-0.3, -0.25) is 0 Å². The predicted molar refractivity (Wildman–Crippen MR) is 105 cm³/mol. The second kappa shape index (κ2) is 7.73. The molecule has 6 heteroatoms. The minimum Gasteiger partial charge on any atom is -0.492 e. The van der Waals surface area contributed by atoms with E-state index in [1.54, 1.807) is 12.1 Å². The van der Waals surface area contributed by atoms with Crippen LogP contribution in [0.15, 0.2) is 36.4 Å². The van der Waals surface area contributed by atoms with E-state index in [0.717, 1.165) is 5.56 Å². The lowest BCUT2D eigenvalue weighted by Crippen LogP contribution is -2.12. The lowest BCUT2D eigenvalue weighted by molar-refractivity contribution is -0.132. The summed E-state index contributed by atoms with van der Waals surface area (Å²) in [5.74, 6) is -0.776. The van der Waals surface area contributed by atoms with Gasteiger partial charge in [0.1, 0.15) is 17.6 Å². The first-order valence-electron chi connectivity index (χ1n) is 9.01.